The fourth-order valence-corrected chi connectivity index (χ4v) is 3.40. The minimum atomic E-state index is -0.267. The first-order chi connectivity index (χ1) is 10.3. The van der Waals surface area contributed by atoms with Crippen LogP contribution in [0.1, 0.15) is 23.6 Å². The Hall–Kier alpha value is -1.16. The third-order valence-electron chi connectivity index (χ3n) is 4.51. The SMILES string of the molecule is Cc1ccc([C@H](CCF)N2CCNCC2)c2ccccc12.Cl. The lowest BCUT2D eigenvalue weighted by molar-refractivity contribution is 0.158. The van der Waals surface area contributed by atoms with Crippen LogP contribution < -0.4 is 5.32 Å². The van der Waals surface area contributed by atoms with Crippen LogP contribution in [0.25, 0.3) is 10.8 Å². The van der Waals surface area contributed by atoms with Crippen LogP contribution in [-0.2, 0) is 0 Å². The molecule has 1 saturated heterocycles. The highest BCUT2D eigenvalue weighted by atomic mass is 35.5. The normalized spacial score (nSPS) is 17.2. The first-order valence-corrected chi connectivity index (χ1v) is 7.80. The predicted molar refractivity (Wildman–Crippen MR) is 93.7 cm³/mol. The van der Waals surface area contributed by atoms with Gasteiger partial charge >= 0.3 is 0 Å². The van der Waals surface area contributed by atoms with Crippen molar-refractivity contribution in [2.24, 2.45) is 0 Å². The Bertz CT molecular complexity index is 611. The minimum Gasteiger partial charge on any atom is -0.314 e. The number of nitrogens with zero attached hydrogens (tertiary/aromatic N) is 1. The van der Waals surface area contributed by atoms with Crippen molar-refractivity contribution in [2.75, 3.05) is 32.9 Å². The molecule has 0 spiro atoms. The maximum absolute atomic E-state index is 13.1. The molecule has 1 fully saturated rings. The molecule has 2 aromatic carbocycles. The summed E-state index contributed by atoms with van der Waals surface area (Å²) in [6, 6.07) is 13.0. The van der Waals surface area contributed by atoms with Gasteiger partial charge in [-0.15, -0.1) is 12.4 Å². The predicted octanol–water partition coefficient (Wildman–Crippen LogP) is 3.88. The van der Waals surface area contributed by atoms with Gasteiger partial charge < -0.3 is 5.32 Å². The van der Waals surface area contributed by atoms with Gasteiger partial charge in [0, 0.05) is 32.2 Å². The summed E-state index contributed by atoms with van der Waals surface area (Å²) in [5, 5.41) is 5.93. The molecule has 1 aliphatic rings. The summed E-state index contributed by atoms with van der Waals surface area (Å²) in [7, 11) is 0. The zero-order chi connectivity index (χ0) is 14.7. The van der Waals surface area contributed by atoms with Crippen LogP contribution in [0.2, 0.25) is 0 Å². The van der Waals surface area contributed by atoms with Crippen molar-refractivity contribution in [3.8, 4) is 0 Å². The molecule has 4 heteroatoms. The summed E-state index contributed by atoms with van der Waals surface area (Å²) in [6.45, 7) is 5.84. The van der Waals surface area contributed by atoms with E-state index < -0.39 is 0 Å². The van der Waals surface area contributed by atoms with Gasteiger partial charge in [0.2, 0.25) is 0 Å². The summed E-state index contributed by atoms with van der Waals surface area (Å²) in [4.78, 5) is 2.42. The first-order valence-electron chi connectivity index (χ1n) is 7.80. The number of piperazine rings is 1. The lowest BCUT2D eigenvalue weighted by Crippen LogP contribution is -2.45. The number of aryl methyl sites for hydroxylation is 1. The standard InChI is InChI=1S/C18H23FN2.ClH/c1-14-6-7-17(16-5-3-2-4-15(14)16)18(8-9-19)21-12-10-20-11-13-21;/h2-7,18,20H,8-13H2,1H3;1H/t18-;/m0./s1. The molecule has 0 saturated carbocycles. The number of hydrogen-bond acceptors (Lipinski definition) is 2. The molecule has 0 aromatic heterocycles. The molecule has 2 aromatic rings. The molecule has 22 heavy (non-hydrogen) atoms. The zero-order valence-corrected chi connectivity index (χ0v) is 13.8. The van der Waals surface area contributed by atoms with Crippen LogP contribution in [0.15, 0.2) is 36.4 Å². The molecular weight excluding hydrogens is 299 g/mol. The van der Waals surface area contributed by atoms with E-state index in [1.165, 1.54) is 21.9 Å². The van der Waals surface area contributed by atoms with E-state index in [0.717, 1.165) is 26.2 Å². The summed E-state index contributed by atoms with van der Waals surface area (Å²) in [5.41, 5.74) is 2.56. The maximum atomic E-state index is 13.1. The van der Waals surface area contributed by atoms with E-state index in [2.05, 4.69) is 53.5 Å². The van der Waals surface area contributed by atoms with Crippen molar-refractivity contribution >= 4 is 23.2 Å². The Labute approximate surface area is 138 Å². The van der Waals surface area contributed by atoms with Gasteiger partial charge in [0.15, 0.2) is 0 Å². The molecule has 0 unspecified atom stereocenters. The number of halogens is 2. The molecule has 3 rings (SSSR count). The Balaban J connectivity index is 0.00000176. The molecule has 1 atom stereocenters. The molecular formula is C18H24ClFN2. The highest BCUT2D eigenvalue weighted by Gasteiger charge is 2.23. The van der Waals surface area contributed by atoms with E-state index in [1.807, 2.05) is 0 Å². The Morgan fingerprint density at radius 3 is 2.45 bits per heavy atom. The van der Waals surface area contributed by atoms with Crippen molar-refractivity contribution in [3.63, 3.8) is 0 Å². The second-order valence-electron chi connectivity index (χ2n) is 5.80. The smallest absolute Gasteiger partial charge is 0.0912 e. The number of fused-ring (bicyclic) bond motifs is 1. The fraction of sp³-hybridized carbons (Fsp3) is 0.444. The summed E-state index contributed by atoms with van der Waals surface area (Å²) < 4.78 is 13.1. The third kappa shape index (κ3) is 3.43. The van der Waals surface area contributed by atoms with Crippen LogP contribution in [0.5, 0.6) is 0 Å². The lowest BCUT2D eigenvalue weighted by atomic mass is 9.93. The molecule has 0 radical (unpaired) electrons. The fourth-order valence-electron chi connectivity index (χ4n) is 3.40. The number of hydrogen-bond donors (Lipinski definition) is 1. The van der Waals surface area contributed by atoms with E-state index in [1.54, 1.807) is 0 Å². The van der Waals surface area contributed by atoms with Gasteiger partial charge in [0.05, 0.1) is 6.67 Å². The number of rotatable bonds is 4. The second-order valence-corrected chi connectivity index (χ2v) is 5.80. The van der Waals surface area contributed by atoms with E-state index >= 15 is 0 Å². The van der Waals surface area contributed by atoms with Crippen LogP contribution in [0.3, 0.4) is 0 Å². The Morgan fingerprint density at radius 1 is 1.09 bits per heavy atom. The molecule has 1 N–H and O–H groups in total. The van der Waals surface area contributed by atoms with Gasteiger partial charge in [-0.3, -0.25) is 9.29 Å². The van der Waals surface area contributed by atoms with Crippen molar-refractivity contribution in [3.05, 3.63) is 47.5 Å². The van der Waals surface area contributed by atoms with Crippen LogP contribution in [0.4, 0.5) is 4.39 Å². The Kier molecular flexibility index (Phi) is 6.18. The van der Waals surface area contributed by atoms with Crippen molar-refractivity contribution in [2.45, 2.75) is 19.4 Å². The van der Waals surface area contributed by atoms with E-state index in [-0.39, 0.29) is 25.1 Å². The highest BCUT2D eigenvalue weighted by Crippen LogP contribution is 2.32. The van der Waals surface area contributed by atoms with E-state index in [9.17, 15) is 4.39 Å². The molecule has 0 bridgehead atoms. The Morgan fingerprint density at radius 2 is 1.77 bits per heavy atom. The molecule has 1 aliphatic heterocycles. The van der Waals surface area contributed by atoms with Crippen LogP contribution >= 0.6 is 12.4 Å². The number of benzene rings is 2. The topological polar surface area (TPSA) is 15.3 Å². The van der Waals surface area contributed by atoms with Crippen LogP contribution in [0, 0.1) is 6.92 Å². The van der Waals surface area contributed by atoms with Gasteiger partial charge in [-0.05, 0) is 35.2 Å². The highest BCUT2D eigenvalue weighted by molar-refractivity contribution is 5.88. The molecule has 2 nitrogen and oxygen atoms in total. The zero-order valence-electron chi connectivity index (χ0n) is 13.0. The second kappa shape index (κ2) is 7.91. The summed E-state index contributed by atoms with van der Waals surface area (Å²) in [5.74, 6) is 0. The quantitative estimate of drug-likeness (QED) is 0.919. The average Bonchev–Trinajstić information content (AvgIpc) is 2.55. The molecule has 0 amide bonds. The largest absolute Gasteiger partial charge is 0.314 e. The molecule has 0 aliphatic carbocycles. The van der Waals surface area contributed by atoms with Gasteiger partial charge in [-0.2, -0.15) is 0 Å². The molecule has 120 valence electrons. The molecule has 1 heterocycles. The summed E-state index contributed by atoms with van der Waals surface area (Å²) >= 11 is 0. The van der Waals surface area contributed by atoms with Crippen molar-refractivity contribution in [1.29, 1.82) is 0 Å². The first kappa shape index (κ1) is 17.2. The van der Waals surface area contributed by atoms with Gasteiger partial charge in [-0.25, -0.2) is 0 Å². The van der Waals surface area contributed by atoms with E-state index in [0.29, 0.717) is 6.42 Å². The third-order valence-corrected chi connectivity index (χ3v) is 4.51. The lowest BCUT2D eigenvalue weighted by Gasteiger charge is -2.35. The minimum absolute atomic E-state index is 0. The number of alkyl halides is 1. The average molecular weight is 323 g/mol. The van der Waals surface area contributed by atoms with Gasteiger partial charge in [-0.1, -0.05) is 36.4 Å². The van der Waals surface area contributed by atoms with E-state index in [4.69, 9.17) is 0 Å². The maximum Gasteiger partial charge on any atom is 0.0912 e. The van der Waals surface area contributed by atoms with Gasteiger partial charge in [0.25, 0.3) is 0 Å². The van der Waals surface area contributed by atoms with Crippen molar-refractivity contribution in [1.82, 2.24) is 10.2 Å². The number of nitrogens with one attached hydrogen (secondary N) is 1. The van der Waals surface area contributed by atoms with Crippen molar-refractivity contribution < 1.29 is 4.39 Å². The summed E-state index contributed by atoms with van der Waals surface area (Å²) in [6.07, 6.45) is 0.576. The van der Waals surface area contributed by atoms with Crippen LogP contribution in [-0.4, -0.2) is 37.8 Å². The monoisotopic (exact) mass is 322 g/mol. The van der Waals surface area contributed by atoms with Gasteiger partial charge in [0.1, 0.15) is 0 Å².